The number of carbonyl (C=O) groups is 2. The zero-order valence-electron chi connectivity index (χ0n) is 14.8. The Morgan fingerprint density at radius 1 is 1.19 bits per heavy atom. The molecule has 1 fully saturated rings. The highest BCUT2D eigenvalue weighted by Gasteiger charge is 2.33. The van der Waals surface area contributed by atoms with Crippen molar-refractivity contribution in [3.63, 3.8) is 0 Å². The SMILES string of the molecule is COc1ccc2c(c1)c(CC1C(=O)CCC(=O)N1C)cn2S(=O)(=O)OC. The van der Waals surface area contributed by atoms with E-state index in [1.807, 2.05) is 0 Å². The van der Waals surface area contributed by atoms with E-state index in [-0.39, 0.29) is 31.0 Å². The van der Waals surface area contributed by atoms with Crippen LogP contribution in [0.3, 0.4) is 0 Å². The number of carbonyl (C=O) groups excluding carboxylic acids is 2. The first kappa shape index (κ1) is 18.4. The Morgan fingerprint density at radius 3 is 2.58 bits per heavy atom. The Balaban J connectivity index is 2.13. The van der Waals surface area contributed by atoms with Crippen LogP contribution in [0.2, 0.25) is 0 Å². The Bertz CT molecular complexity index is 979. The number of fused-ring (bicyclic) bond motifs is 1. The van der Waals surface area contributed by atoms with Crippen molar-refractivity contribution < 1.29 is 26.9 Å². The second-order valence-electron chi connectivity index (χ2n) is 6.15. The van der Waals surface area contributed by atoms with Gasteiger partial charge in [-0.05, 0) is 23.8 Å². The first-order chi connectivity index (χ1) is 12.3. The molecule has 3 rings (SSSR count). The number of amides is 1. The van der Waals surface area contributed by atoms with Gasteiger partial charge in [-0.15, -0.1) is 0 Å². The van der Waals surface area contributed by atoms with Gasteiger partial charge >= 0.3 is 10.3 Å². The summed E-state index contributed by atoms with van der Waals surface area (Å²) >= 11 is 0. The van der Waals surface area contributed by atoms with Gasteiger partial charge in [0.1, 0.15) is 5.75 Å². The van der Waals surface area contributed by atoms with Crippen LogP contribution in [0, 0.1) is 0 Å². The van der Waals surface area contributed by atoms with Crippen LogP contribution in [-0.4, -0.2) is 56.3 Å². The fourth-order valence-corrected chi connectivity index (χ4v) is 4.04. The molecule has 1 atom stereocenters. The van der Waals surface area contributed by atoms with Crippen molar-refractivity contribution in [3.8, 4) is 5.75 Å². The van der Waals surface area contributed by atoms with Gasteiger partial charge in [0.15, 0.2) is 5.78 Å². The van der Waals surface area contributed by atoms with E-state index in [4.69, 9.17) is 4.74 Å². The summed E-state index contributed by atoms with van der Waals surface area (Å²) in [6.07, 6.45) is 2.06. The van der Waals surface area contributed by atoms with Crippen LogP contribution < -0.4 is 4.74 Å². The first-order valence-corrected chi connectivity index (χ1v) is 9.42. The Labute approximate surface area is 151 Å². The monoisotopic (exact) mass is 380 g/mol. The summed E-state index contributed by atoms with van der Waals surface area (Å²) in [5.41, 5.74) is 1.04. The zero-order valence-corrected chi connectivity index (χ0v) is 15.6. The third-order valence-corrected chi connectivity index (χ3v) is 5.95. The van der Waals surface area contributed by atoms with E-state index in [2.05, 4.69) is 4.18 Å². The number of ether oxygens (including phenoxy) is 1. The number of aromatic nitrogens is 1. The predicted molar refractivity (Wildman–Crippen MR) is 94.3 cm³/mol. The first-order valence-electron chi connectivity index (χ1n) is 8.06. The topological polar surface area (TPSA) is 94.9 Å². The smallest absolute Gasteiger partial charge is 0.366 e. The number of ketones is 1. The van der Waals surface area contributed by atoms with Gasteiger partial charge in [0.25, 0.3) is 0 Å². The average molecular weight is 380 g/mol. The van der Waals surface area contributed by atoms with E-state index in [9.17, 15) is 18.0 Å². The van der Waals surface area contributed by atoms with Gasteiger partial charge in [0.2, 0.25) is 5.91 Å². The van der Waals surface area contributed by atoms with Crippen molar-refractivity contribution in [2.45, 2.75) is 25.3 Å². The Kier molecular flexibility index (Phi) is 4.76. The lowest BCUT2D eigenvalue weighted by Crippen LogP contribution is -2.47. The van der Waals surface area contributed by atoms with E-state index in [0.29, 0.717) is 22.2 Å². The van der Waals surface area contributed by atoms with Crippen molar-refractivity contribution in [2.75, 3.05) is 21.3 Å². The molecule has 1 aromatic carbocycles. The van der Waals surface area contributed by atoms with E-state index >= 15 is 0 Å². The summed E-state index contributed by atoms with van der Waals surface area (Å²) < 4.78 is 35.4. The fourth-order valence-electron chi connectivity index (χ4n) is 3.22. The Hall–Kier alpha value is -2.39. The van der Waals surface area contributed by atoms with Crippen LogP contribution in [-0.2, 0) is 30.5 Å². The largest absolute Gasteiger partial charge is 0.497 e. The molecule has 9 heteroatoms. The van der Waals surface area contributed by atoms with Gasteiger partial charge in [-0.3, -0.25) is 13.8 Å². The molecule has 0 spiro atoms. The minimum Gasteiger partial charge on any atom is -0.497 e. The van der Waals surface area contributed by atoms with Crippen LogP contribution in [0.4, 0.5) is 0 Å². The molecular formula is C17H20N2O6S. The highest BCUT2D eigenvalue weighted by atomic mass is 32.2. The number of likely N-dealkylation sites (N-methyl/N-ethyl adjacent to an activating group) is 1. The number of likely N-dealkylation sites (tertiary alicyclic amines) is 1. The van der Waals surface area contributed by atoms with Crippen LogP contribution >= 0.6 is 0 Å². The quantitative estimate of drug-likeness (QED) is 0.771. The number of hydrogen-bond donors (Lipinski definition) is 0. The molecule has 8 nitrogen and oxygen atoms in total. The molecule has 1 unspecified atom stereocenters. The number of Topliss-reactive ketones (excluding diaryl/α,β-unsaturated/α-hetero) is 1. The fraction of sp³-hybridized carbons (Fsp3) is 0.412. The molecule has 0 N–H and O–H groups in total. The van der Waals surface area contributed by atoms with Crippen molar-refractivity contribution in [1.29, 1.82) is 0 Å². The van der Waals surface area contributed by atoms with Crippen LogP contribution in [0.1, 0.15) is 18.4 Å². The van der Waals surface area contributed by atoms with Crippen LogP contribution in [0.15, 0.2) is 24.4 Å². The molecule has 1 amide bonds. The number of nitrogens with zero attached hydrogens (tertiary/aromatic N) is 2. The lowest BCUT2D eigenvalue weighted by atomic mass is 9.94. The molecule has 2 heterocycles. The summed E-state index contributed by atoms with van der Waals surface area (Å²) in [5.74, 6) is 0.427. The third kappa shape index (κ3) is 3.08. The summed E-state index contributed by atoms with van der Waals surface area (Å²) in [7, 11) is 0.201. The van der Waals surface area contributed by atoms with Crippen LogP contribution in [0.5, 0.6) is 5.75 Å². The van der Waals surface area contributed by atoms with Crippen molar-refractivity contribution in [2.24, 2.45) is 0 Å². The molecule has 140 valence electrons. The molecule has 26 heavy (non-hydrogen) atoms. The summed E-state index contributed by atoms with van der Waals surface area (Å²) in [4.78, 5) is 25.7. The molecule has 1 saturated heterocycles. The molecular weight excluding hydrogens is 360 g/mol. The van der Waals surface area contributed by atoms with Gasteiger partial charge in [-0.1, -0.05) is 0 Å². The van der Waals surface area contributed by atoms with Gasteiger partial charge in [-0.25, -0.2) is 3.97 Å². The lowest BCUT2D eigenvalue weighted by Gasteiger charge is -2.31. The third-order valence-electron chi connectivity index (χ3n) is 4.74. The van der Waals surface area contributed by atoms with Crippen LogP contribution in [0.25, 0.3) is 10.9 Å². The summed E-state index contributed by atoms with van der Waals surface area (Å²) in [5, 5.41) is 0.629. The Morgan fingerprint density at radius 2 is 1.92 bits per heavy atom. The molecule has 1 aliphatic heterocycles. The maximum atomic E-state index is 12.3. The maximum Gasteiger partial charge on any atom is 0.366 e. The highest BCUT2D eigenvalue weighted by Crippen LogP contribution is 2.30. The standard InChI is InChI=1S/C17H20N2O6S/c1-18-15(16(20)6-7-17(18)21)8-11-10-19(26(22,23)25-3)14-5-4-12(24-2)9-13(11)14/h4-5,9-10,15H,6-8H2,1-3H3. The van der Waals surface area contributed by atoms with Crippen molar-refractivity contribution >= 4 is 32.9 Å². The molecule has 1 aromatic heterocycles. The second-order valence-corrected chi connectivity index (χ2v) is 7.73. The van der Waals surface area contributed by atoms with Crippen molar-refractivity contribution in [3.05, 3.63) is 30.0 Å². The van der Waals surface area contributed by atoms with Gasteiger partial charge < -0.3 is 9.64 Å². The van der Waals surface area contributed by atoms with E-state index in [0.717, 1.165) is 11.1 Å². The van der Waals surface area contributed by atoms with E-state index in [1.54, 1.807) is 25.2 Å². The molecule has 1 aliphatic rings. The predicted octanol–water partition coefficient (Wildman–Crippen LogP) is 1.12. The van der Waals surface area contributed by atoms with Gasteiger partial charge in [0.05, 0.1) is 25.8 Å². The summed E-state index contributed by atoms with van der Waals surface area (Å²) in [6.45, 7) is 0. The minimum atomic E-state index is -3.99. The summed E-state index contributed by atoms with van der Waals surface area (Å²) in [6, 6.07) is 4.36. The van der Waals surface area contributed by atoms with Gasteiger partial charge in [-0.2, -0.15) is 8.42 Å². The minimum absolute atomic E-state index is 0.0366. The van der Waals surface area contributed by atoms with E-state index < -0.39 is 16.3 Å². The van der Waals surface area contributed by atoms with Gasteiger partial charge in [0, 0.05) is 37.9 Å². The zero-order chi connectivity index (χ0) is 19.1. The normalized spacial score (nSPS) is 18.6. The number of hydrogen-bond acceptors (Lipinski definition) is 6. The number of benzene rings is 1. The average Bonchev–Trinajstić information content (AvgIpc) is 3.00. The maximum absolute atomic E-state index is 12.3. The molecule has 0 bridgehead atoms. The highest BCUT2D eigenvalue weighted by molar-refractivity contribution is 7.85. The molecule has 0 aliphatic carbocycles. The lowest BCUT2D eigenvalue weighted by molar-refractivity contribution is -0.143. The molecule has 0 saturated carbocycles. The molecule has 0 radical (unpaired) electrons. The van der Waals surface area contributed by atoms with Crippen molar-refractivity contribution in [1.82, 2.24) is 8.87 Å². The second kappa shape index (κ2) is 6.73. The number of methoxy groups -OCH3 is 1. The molecule has 2 aromatic rings. The number of piperidine rings is 1. The number of rotatable bonds is 5. The van der Waals surface area contributed by atoms with E-state index in [1.165, 1.54) is 18.2 Å².